The largest absolute Gasteiger partial charge is 0.493 e. The van der Waals surface area contributed by atoms with Crippen LogP contribution in [0.15, 0.2) is 36.4 Å². The average molecular weight is 271 g/mol. The Morgan fingerprint density at radius 2 is 1.85 bits per heavy atom. The maximum atomic E-state index is 6.08. The van der Waals surface area contributed by atoms with Gasteiger partial charge in [-0.1, -0.05) is 62.6 Å². The zero-order valence-corrected chi connectivity index (χ0v) is 12.6. The number of fused-ring (bicyclic) bond motifs is 1. The van der Waals surface area contributed by atoms with Gasteiger partial charge in [0, 0.05) is 17.0 Å². The quantitative estimate of drug-likeness (QED) is 0.733. The first-order chi connectivity index (χ1) is 9.74. The Kier molecular flexibility index (Phi) is 5.42. The van der Waals surface area contributed by atoms with Crippen LogP contribution >= 0.6 is 0 Å². The molecular weight excluding hydrogens is 246 g/mol. The fourth-order valence-corrected chi connectivity index (χ4v) is 2.48. The van der Waals surface area contributed by atoms with E-state index in [0.29, 0.717) is 0 Å². The molecule has 0 spiro atoms. The van der Waals surface area contributed by atoms with E-state index in [1.54, 1.807) is 0 Å². The molecule has 20 heavy (non-hydrogen) atoms. The van der Waals surface area contributed by atoms with Gasteiger partial charge in [0.1, 0.15) is 5.75 Å². The first-order valence-corrected chi connectivity index (χ1v) is 7.64. The molecule has 1 atom stereocenters. The highest BCUT2D eigenvalue weighted by Crippen LogP contribution is 2.33. The zero-order valence-electron chi connectivity index (χ0n) is 12.6. The van der Waals surface area contributed by atoms with Crippen molar-refractivity contribution >= 4 is 10.8 Å². The minimum atomic E-state index is -0.00903. The fraction of sp³-hybridized carbons (Fsp3) is 0.444. The predicted octanol–water partition coefficient (Wildman–Crippen LogP) is 4.82. The summed E-state index contributed by atoms with van der Waals surface area (Å²) in [5.41, 5.74) is 7.17. The van der Waals surface area contributed by atoms with Crippen molar-refractivity contribution in [3.05, 3.63) is 42.0 Å². The summed E-state index contributed by atoms with van der Waals surface area (Å²) >= 11 is 0. The third-order valence-corrected chi connectivity index (χ3v) is 3.64. The number of rotatable bonds is 7. The molecule has 0 aliphatic heterocycles. The van der Waals surface area contributed by atoms with E-state index in [1.165, 1.54) is 24.6 Å². The van der Waals surface area contributed by atoms with Gasteiger partial charge in [-0.15, -0.1) is 0 Å². The summed E-state index contributed by atoms with van der Waals surface area (Å²) in [5, 5.41) is 2.37. The molecule has 0 saturated carbocycles. The fourth-order valence-electron chi connectivity index (χ4n) is 2.48. The Balaban J connectivity index is 2.21. The first kappa shape index (κ1) is 14.9. The van der Waals surface area contributed by atoms with Crippen molar-refractivity contribution in [2.45, 2.75) is 45.6 Å². The van der Waals surface area contributed by atoms with E-state index < -0.39 is 0 Å². The van der Waals surface area contributed by atoms with Crippen LogP contribution in [0.1, 0.15) is 51.1 Å². The lowest BCUT2D eigenvalue weighted by Gasteiger charge is -2.16. The molecule has 0 amide bonds. The molecular formula is C18H25NO. The lowest BCUT2D eigenvalue weighted by atomic mass is 10.0. The second kappa shape index (κ2) is 7.30. The highest BCUT2D eigenvalue weighted by Gasteiger charge is 2.11. The molecule has 0 aliphatic rings. The first-order valence-electron chi connectivity index (χ1n) is 7.64. The topological polar surface area (TPSA) is 35.2 Å². The van der Waals surface area contributed by atoms with E-state index in [-0.39, 0.29) is 6.04 Å². The molecule has 0 unspecified atom stereocenters. The summed E-state index contributed by atoms with van der Waals surface area (Å²) in [4.78, 5) is 0. The normalized spacial score (nSPS) is 12.6. The Bertz CT molecular complexity index is 548. The van der Waals surface area contributed by atoms with Crippen molar-refractivity contribution in [3.63, 3.8) is 0 Å². The van der Waals surface area contributed by atoms with Crippen molar-refractivity contribution in [3.8, 4) is 5.75 Å². The van der Waals surface area contributed by atoms with Crippen molar-refractivity contribution in [1.82, 2.24) is 0 Å². The highest BCUT2D eigenvalue weighted by atomic mass is 16.5. The summed E-state index contributed by atoms with van der Waals surface area (Å²) in [6.45, 7) is 5.00. The molecule has 0 aromatic heterocycles. The molecule has 0 radical (unpaired) electrons. The smallest absolute Gasteiger partial charge is 0.131 e. The van der Waals surface area contributed by atoms with Crippen molar-refractivity contribution in [2.24, 2.45) is 5.73 Å². The summed E-state index contributed by atoms with van der Waals surface area (Å²) < 4.78 is 6.08. The summed E-state index contributed by atoms with van der Waals surface area (Å²) in [5.74, 6) is 0.967. The number of benzene rings is 2. The second-order valence-electron chi connectivity index (χ2n) is 5.40. The Morgan fingerprint density at radius 1 is 1.05 bits per heavy atom. The molecule has 2 aromatic carbocycles. The molecule has 0 heterocycles. The monoisotopic (exact) mass is 271 g/mol. The summed E-state index contributed by atoms with van der Waals surface area (Å²) in [6.07, 6.45) is 4.86. The molecule has 2 nitrogen and oxygen atoms in total. The molecule has 108 valence electrons. The van der Waals surface area contributed by atoms with Crippen LogP contribution in [0.25, 0.3) is 10.8 Å². The van der Waals surface area contributed by atoms with Crippen LogP contribution in [0.5, 0.6) is 5.75 Å². The van der Waals surface area contributed by atoms with Gasteiger partial charge in [-0.3, -0.25) is 0 Å². The van der Waals surface area contributed by atoms with Crippen LogP contribution in [0.3, 0.4) is 0 Å². The van der Waals surface area contributed by atoms with Gasteiger partial charge in [-0.05, 0) is 18.7 Å². The van der Waals surface area contributed by atoms with Gasteiger partial charge in [0.2, 0.25) is 0 Å². The minimum Gasteiger partial charge on any atom is -0.493 e. The molecule has 0 fully saturated rings. The van der Waals surface area contributed by atoms with Crippen LogP contribution in [0.2, 0.25) is 0 Å². The van der Waals surface area contributed by atoms with Crippen LogP contribution in [-0.2, 0) is 0 Å². The lowest BCUT2D eigenvalue weighted by Crippen LogP contribution is -2.09. The van der Waals surface area contributed by atoms with Gasteiger partial charge in [0.15, 0.2) is 0 Å². The molecule has 2 aromatic rings. The van der Waals surface area contributed by atoms with E-state index in [1.807, 2.05) is 6.92 Å². The maximum absolute atomic E-state index is 6.08. The van der Waals surface area contributed by atoms with E-state index >= 15 is 0 Å². The average Bonchev–Trinajstić information content (AvgIpc) is 2.46. The number of nitrogens with two attached hydrogens (primary N) is 1. The van der Waals surface area contributed by atoms with Gasteiger partial charge in [-0.2, -0.15) is 0 Å². The zero-order chi connectivity index (χ0) is 14.4. The number of hydrogen-bond donors (Lipinski definition) is 1. The van der Waals surface area contributed by atoms with E-state index in [2.05, 4.69) is 43.3 Å². The molecule has 2 heteroatoms. The summed E-state index contributed by atoms with van der Waals surface area (Å²) in [6, 6.07) is 12.5. The van der Waals surface area contributed by atoms with Gasteiger partial charge in [-0.25, -0.2) is 0 Å². The van der Waals surface area contributed by atoms with E-state index in [9.17, 15) is 0 Å². The number of ether oxygens (including phenoxy) is 1. The third kappa shape index (κ3) is 3.51. The predicted molar refractivity (Wildman–Crippen MR) is 86.2 cm³/mol. The standard InChI is InChI=1S/C18H25NO/c1-3-4-5-8-13-20-18-16(14(2)19)12-11-15-9-6-7-10-17(15)18/h6-7,9-12,14H,3-5,8,13,19H2,1-2H3/t14-/m1/s1. The Hall–Kier alpha value is -1.54. The van der Waals surface area contributed by atoms with Crippen LogP contribution < -0.4 is 10.5 Å². The van der Waals surface area contributed by atoms with Crippen molar-refractivity contribution in [2.75, 3.05) is 6.61 Å². The molecule has 0 saturated heterocycles. The number of unbranched alkanes of at least 4 members (excludes halogenated alkanes) is 3. The van der Waals surface area contributed by atoms with E-state index in [0.717, 1.165) is 29.7 Å². The minimum absolute atomic E-state index is 0.00903. The highest BCUT2D eigenvalue weighted by molar-refractivity contribution is 5.89. The lowest BCUT2D eigenvalue weighted by molar-refractivity contribution is 0.304. The van der Waals surface area contributed by atoms with Crippen LogP contribution in [0.4, 0.5) is 0 Å². The van der Waals surface area contributed by atoms with Gasteiger partial charge < -0.3 is 10.5 Å². The molecule has 0 bridgehead atoms. The van der Waals surface area contributed by atoms with Crippen LogP contribution in [0, 0.1) is 0 Å². The SMILES string of the molecule is CCCCCCOc1c([C@@H](C)N)ccc2ccccc12. The summed E-state index contributed by atoms with van der Waals surface area (Å²) in [7, 11) is 0. The molecule has 2 N–H and O–H groups in total. The Morgan fingerprint density at radius 3 is 2.60 bits per heavy atom. The van der Waals surface area contributed by atoms with Gasteiger partial charge in [0.25, 0.3) is 0 Å². The second-order valence-corrected chi connectivity index (χ2v) is 5.40. The van der Waals surface area contributed by atoms with Crippen molar-refractivity contribution in [1.29, 1.82) is 0 Å². The van der Waals surface area contributed by atoms with Crippen LogP contribution in [-0.4, -0.2) is 6.61 Å². The van der Waals surface area contributed by atoms with Crippen molar-refractivity contribution < 1.29 is 4.74 Å². The molecule has 0 aliphatic carbocycles. The third-order valence-electron chi connectivity index (χ3n) is 3.64. The number of hydrogen-bond acceptors (Lipinski definition) is 2. The van der Waals surface area contributed by atoms with Gasteiger partial charge >= 0.3 is 0 Å². The van der Waals surface area contributed by atoms with E-state index in [4.69, 9.17) is 10.5 Å². The van der Waals surface area contributed by atoms with Gasteiger partial charge in [0.05, 0.1) is 6.61 Å². The Labute approximate surface area is 121 Å². The maximum Gasteiger partial charge on any atom is 0.131 e. The molecule has 2 rings (SSSR count).